The quantitative estimate of drug-likeness (QED) is 0.757. The lowest BCUT2D eigenvalue weighted by Crippen LogP contribution is -2.24. The van der Waals surface area contributed by atoms with Gasteiger partial charge in [0, 0.05) is 6.20 Å². The largest absolute Gasteiger partial charge is 0.403 e. The highest BCUT2D eigenvalue weighted by molar-refractivity contribution is 5.46. The van der Waals surface area contributed by atoms with Crippen LogP contribution in [-0.4, -0.2) is 0 Å². The Hall–Kier alpha value is -1.96. The zero-order chi connectivity index (χ0) is 11.1. The van der Waals surface area contributed by atoms with Crippen LogP contribution in [0.3, 0.4) is 0 Å². The van der Waals surface area contributed by atoms with Crippen LogP contribution >= 0.6 is 0 Å². The molecule has 0 bridgehead atoms. The summed E-state index contributed by atoms with van der Waals surface area (Å²) in [5, 5.41) is 5.28. The number of benzene rings is 1. The predicted molar refractivity (Wildman–Crippen MR) is 65.9 cm³/mol. The van der Waals surface area contributed by atoms with E-state index in [1.165, 1.54) is 11.4 Å². The monoisotopic (exact) mass is 200 g/mol. The lowest BCUT2D eigenvalue weighted by atomic mass is 10.2. The summed E-state index contributed by atoms with van der Waals surface area (Å²) in [5.74, 6) is 0. The highest BCUT2D eigenvalue weighted by atomic mass is 14.9. The molecule has 1 rings (SSSR count). The Morgan fingerprint density at radius 2 is 2.00 bits per heavy atom. The molecule has 0 aromatic heterocycles. The molecule has 0 aliphatic rings. The van der Waals surface area contributed by atoms with Crippen LogP contribution < -0.4 is 21.5 Å². The van der Waals surface area contributed by atoms with Gasteiger partial charge in [0.25, 0.3) is 0 Å². The third-order valence-corrected chi connectivity index (χ3v) is 2.07. The fraction of sp³-hybridized carbons (Fsp3) is 0.0769. The molecule has 0 spiro atoms. The average molecular weight is 200 g/mol. The molecule has 0 aliphatic heterocycles. The van der Waals surface area contributed by atoms with Crippen molar-refractivity contribution < 1.29 is 0 Å². The number of rotatable bonds is 3. The minimum absolute atomic E-state index is 0.833. The second kappa shape index (κ2) is 5.70. The average Bonchev–Trinajstić information content (AvgIpc) is 2.29. The predicted octanol–water partition coefficient (Wildman–Crippen LogP) is 0.801. The van der Waals surface area contributed by atoms with Gasteiger partial charge in [0.1, 0.15) is 0 Å². The van der Waals surface area contributed by atoms with Crippen LogP contribution in [0.1, 0.15) is 6.92 Å². The van der Waals surface area contributed by atoms with Gasteiger partial charge in [-0.05, 0) is 29.6 Å². The number of nitrogens with two attached hydrogens (primary N) is 1. The van der Waals surface area contributed by atoms with Crippen molar-refractivity contribution in [3.63, 3.8) is 0 Å². The van der Waals surface area contributed by atoms with Gasteiger partial charge in [-0.25, -0.2) is 0 Å². The first kappa shape index (κ1) is 11.1. The molecule has 0 radical (unpaired) electrons. The van der Waals surface area contributed by atoms with Crippen LogP contribution in [0.25, 0.3) is 12.2 Å². The van der Waals surface area contributed by atoms with Crippen molar-refractivity contribution in [3.05, 3.63) is 59.4 Å². The van der Waals surface area contributed by atoms with Gasteiger partial charge in [-0.2, -0.15) is 0 Å². The fourth-order valence-electron chi connectivity index (χ4n) is 1.33. The molecule has 78 valence electrons. The van der Waals surface area contributed by atoms with E-state index in [0.29, 0.717) is 0 Å². The molecule has 0 aliphatic carbocycles. The van der Waals surface area contributed by atoms with E-state index < -0.39 is 0 Å². The van der Waals surface area contributed by atoms with Crippen molar-refractivity contribution in [2.75, 3.05) is 0 Å². The Morgan fingerprint density at radius 3 is 2.53 bits per heavy atom. The van der Waals surface area contributed by atoms with Gasteiger partial charge in [0.15, 0.2) is 0 Å². The van der Waals surface area contributed by atoms with Gasteiger partial charge < -0.3 is 11.1 Å². The highest BCUT2D eigenvalue weighted by Crippen LogP contribution is 1.86. The molecule has 15 heavy (non-hydrogen) atoms. The van der Waals surface area contributed by atoms with Gasteiger partial charge in [0.2, 0.25) is 0 Å². The van der Waals surface area contributed by atoms with Crippen LogP contribution in [0.15, 0.2) is 48.9 Å². The third-order valence-electron chi connectivity index (χ3n) is 2.07. The summed E-state index contributed by atoms with van der Waals surface area (Å²) < 4.78 is 0. The van der Waals surface area contributed by atoms with Gasteiger partial charge in [-0.3, -0.25) is 0 Å². The molecule has 0 fully saturated rings. The summed E-state index contributed by atoms with van der Waals surface area (Å²) in [5.41, 5.74) is 6.32. The molecule has 0 heterocycles. The standard InChI is InChI=1S/C13H16N2/c1-3-11-7-5-6-8-12(11)9-13(10-14)15-4-2/h3-10,15H,2,14H2,1H3/b11-3-,12-9-,13-10-. The second-order valence-electron chi connectivity index (χ2n) is 3.03. The maximum absolute atomic E-state index is 5.48. The minimum atomic E-state index is 0.833. The minimum Gasteiger partial charge on any atom is -0.403 e. The molecule has 0 amide bonds. The van der Waals surface area contributed by atoms with Crippen LogP contribution in [0, 0.1) is 0 Å². The molecular formula is C13H16N2. The van der Waals surface area contributed by atoms with Crippen LogP contribution in [0.4, 0.5) is 0 Å². The summed E-state index contributed by atoms with van der Waals surface area (Å²) in [6.07, 6.45) is 7.17. The van der Waals surface area contributed by atoms with E-state index in [4.69, 9.17) is 5.73 Å². The molecule has 2 nitrogen and oxygen atoms in total. The molecule has 3 N–H and O–H groups in total. The van der Waals surface area contributed by atoms with Crippen molar-refractivity contribution in [2.45, 2.75) is 6.92 Å². The van der Waals surface area contributed by atoms with Crippen LogP contribution in [-0.2, 0) is 0 Å². The van der Waals surface area contributed by atoms with Gasteiger partial charge in [-0.15, -0.1) is 0 Å². The Balaban J connectivity index is 3.26. The maximum atomic E-state index is 5.48. The van der Waals surface area contributed by atoms with E-state index in [1.807, 2.05) is 31.2 Å². The summed E-state index contributed by atoms with van der Waals surface area (Å²) in [6, 6.07) is 8.12. The van der Waals surface area contributed by atoms with Crippen molar-refractivity contribution in [3.8, 4) is 0 Å². The number of allylic oxidation sites excluding steroid dienone is 1. The Morgan fingerprint density at radius 1 is 1.33 bits per heavy atom. The van der Waals surface area contributed by atoms with E-state index in [0.717, 1.165) is 10.9 Å². The summed E-state index contributed by atoms with van der Waals surface area (Å²) >= 11 is 0. The lowest BCUT2D eigenvalue weighted by molar-refractivity contribution is 1.12. The Kier molecular flexibility index (Phi) is 4.23. The first-order valence-electron chi connectivity index (χ1n) is 4.84. The van der Waals surface area contributed by atoms with Crippen molar-refractivity contribution in [2.24, 2.45) is 5.73 Å². The molecule has 1 aromatic rings. The molecule has 0 saturated heterocycles. The van der Waals surface area contributed by atoms with E-state index in [2.05, 4.69) is 24.0 Å². The first-order valence-corrected chi connectivity index (χ1v) is 4.84. The molecule has 0 saturated carbocycles. The zero-order valence-electron chi connectivity index (χ0n) is 8.90. The first-order chi connectivity index (χ1) is 7.31. The zero-order valence-corrected chi connectivity index (χ0v) is 8.90. The summed E-state index contributed by atoms with van der Waals surface area (Å²) in [6.45, 7) is 5.61. The second-order valence-corrected chi connectivity index (χ2v) is 3.03. The summed E-state index contributed by atoms with van der Waals surface area (Å²) in [4.78, 5) is 0. The normalized spacial score (nSPS) is 14.1. The highest BCUT2D eigenvalue weighted by Gasteiger charge is 1.87. The Bertz CT molecular complexity index is 470. The van der Waals surface area contributed by atoms with Crippen molar-refractivity contribution in [1.82, 2.24) is 5.32 Å². The van der Waals surface area contributed by atoms with E-state index >= 15 is 0 Å². The lowest BCUT2D eigenvalue weighted by Gasteiger charge is -1.99. The number of hydrogen-bond donors (Lipinski definition) is 2. The third kappa shape index (κ3) is 3.02. The number of hydrogen-bond acceptors (Lipinski definition) is 2. The van der Waals surface area contributed by atoms with Gasteiger partial charge in [0.05, 0.1) is 5.70 Å². The van der Waals surface area contributed by atoms with Crippen molar-refractivity contribution >= 4 is 12.2 Å². The van der Waals surface area contributed by atoms with E-state index in [1.54, 1.807) is 6.20 Å². The van der Waals surface area contributed by atoms with Crippen LogP contribution in [0.5, 0.6) is 0 Å². The van der Waals surface area contributed by atoms with Crippen LogP contribution in [0.2, 0.25) is 0 Å². The van der Waals surface area contributed by atoms with Crippen molar-refractivity contribution in [1.29, 1.82) is 0 Å². The van der Waals surface area contributed by atoms with Gasteiger partial charge in [-0.1, -0.05) is 36.9 Å². The topological polar surface area (TPSA) is 38.0 Å². The maximum Gasteiger partial charge on any atom is 0.0543 e. The smallest absolute Gasteiger partial charge is 0.0543 e. The summed E-state index contributed by atoms with van der Waals surface area (Å²) in [7, 11) is 0. The SMILES string of the molecule is C=CNC(=C\N)/C=c1/cccc/c1=C/C. The molecule has 2 heteroatoms. The molecule has 0 unspecified atom stereocenters. The Labute approximate surface area is 90.1 Å². The molecular weight excluding hydrogens is 184 g/mol. The number of nitrogens with one attached hydrogen (secondary N) is 1. The van der Waals surface area contributed by atoms with E-state index in [9.17, 15) is 0 Å². The molecule has 1 aromatic carbocycles. The van der Waals surface area contributed by atoms with E-state index in [-0.39, 0.29) is 0 Å². The fourth-order valence-corrected chi connectivity index (χ4v) is 1.33. The van der Waals surface area contributed by atoms with Gasteiger partial charge >= 0.3 is 0 Å². The molecule has 0 atom stereocenters.